The largest absolute Gasteiger partial charge is 0.481 e. The lowest BCUT2D eigenvalue weighted by Crippen LogP contribution is -2.53. The van der Waals surface area contributed by atoms with E-state index in [1.54, 1.807) is 0 Å². The second-order valence-corrected chi connectivity index (χ2v) is 7.73. The number of hydrogen-bond donors (Lipinski definition) is 2. The third kappa shape index (κ3) is 4.83. The molecule has 1 aliphatic heterocycles. The van der Waals surface area contributed by atoms with Crippen LogP contribution in [-0.2, 0) is 11.3 Å². The highest BCUT2D eigenvalue weighted by Gasteiger charge is 2.35. The number of carboxylic acids is 1. The first kappa shape index (κ1) is 21.6. The number of aliphatic carboxylic acids is 1. The van der Waals surface area contributed by atoms with Crippen molar-refractivity contribution in [2.75, 3.05) is 13.1 Å². The first-order valence-electron chi connectivity index (χ1n) is 10.1. The highest BCUT2D eigenvalue weighted by molar-refractivity contribution is 5.93. The first-order valence-corrected chi connectivity index (χ1v) is 10.1. The second-order valence-electron chi connectivity index (χ2n) is 7.73. The Labute approximate surface area is 182 Å². The van der Waals surface area contributed by atoms with Gasteiger partial charge in [0.25, 0.3) is 5.91 Å². The zero-order valence-corrected chi connectivity index (χ0v) is 17.0. The normalized spacial score (nSPS) is 18.9. The highest BCUT2D eigenvalue weighted by Crippen LogP contribution is 2.25. The van der Waals surface area contributed by atoms with E-state index in [9.17, 15) is 23.5 Å². The standard InChI is InChI=1S/C23H21F2N3O4/c24-15-6-7-16(18(25)10-15)21-11-20(27-32-21)22(29)26-19-8-9-28(13-17(19)23(30)31)12-14-4-2-1-3-5-14/h1-7,10-11,17,19H,8-9,12-13H2,(H,26,29)(H,30,31). The molecular weight excluding hydrogens is 420 g/mol. The maximum atomic E-state index is 14.0. The molecule has 7 nitrogen and oxygen atoms in total. The monoisotopic (exact) mass is 441 g/mol. The van der Waals surface area contributed by atoms with Gasteiger partial charge in [-0.25, -0.2) is 8.78 Å². The van der Waals surface area contributed by atoms with Crippen molar-refractivity contribution in [3.8, 4) is 11.3 Å². The summed E-state index contributed by atoms with van der Waals surface area (Å²) in [6, 6.07) is 13.4. The predicted molar refractivity (Wildman–Crippen MR) is 111 cm³/mol. The van der Waals surface area contributed by atoms with Crippen LogP contribution in [0.4, 0.5) is 8.78 Å². The fraction of sp³-hybridized carbons (Fsp3) is 0.261. The second kappa shape index (κ2) is 9.27. The number of piperidine rings is 1. The maximum absolute atomic E-state index is 14.0. The molecule has 2 heterocycles. The number of hydrogen-bond acceptors (Lipinski definition) is 5. The van der Waals surface area contributed by atoms with Gasteiger partial charge in [0.2, 0.25) is 0 Å². The van der Waals surface area contributed by atoms with Crippen LogP contribution in [0.1, 0.15) is 22.5 Å². The number of halogens is 2. The number of carboxylic acid groups (broad SMARTS) is 1. The average molecular weight is 441 g/mol. The highest BCUT2D eigenvalue weighted by atomic mass is 19.1. The van der Waals surface area contributed by atoms with Gasteiger partial charge in [0.05, 0.1) is 11.5 Å². The Morgan fingerprint density at radius 3 is 2.66 bits per heavy atom. The molecule has 1 fully saturated rings. The molecule has 3 aromatic rings. The summed E-state index contributed by atoms with van der Waals surface area (Å²) in [5.74, 6) is -4.01. The topological polar surface area (TPSA) is 95.7 Å². The van der Waals surface area contributed by atoms with Crippen LogP contribution in [0, 0.1) is 17.6 Å². The van der Waals surface area contributed by atoms with Crippen LogP contribution in [0.25, 0.3) is 11.3 Å². The Balaban J connectivity index is 1.42. The van der Waals surface area contributed by atoms with Gasteiger partial charge < -0.3 is 14.9 Å². The van der Waals surface area contributed by atoms with E-state index < -0.39 is 35.5 Å². The molecule has 2 atom stereocenters. The van der Waals surface area contributed by atoms with Crippen molar-refractivity contribution in [1.29, 1.82) is 0 Å². The van der Waals surface area contributed by atoms with Gasteiger partial charge in [-0.05, 0) is 24.1 Å². The molecule has 1 aromatic heterocycles. The predicted octanol–water partition coefficient (Wildman–Crippen LogP) is 3.32. The SMILES string of the molecule is O=C(NC1CCN(Cc2ccccc2)CC1C(=O)O)c1cc(-c2ccc(F)cc2F)on1. The number of carbonyl (C=O) groups is 2. The molecule has 0 radical (unpaired) electrons. The summed E-state index contributed by atoms with van der Waals surface area (Å²) in [4.78, 5) is 26.5. The Morgan fingerprint density at radius 2 is 1.94 bits per heavy atom. The summed E-state index contributed by atoms with van der Waals surface area (Å²) in [5.41, 5.74) is 0.942. The molecule has 32 heavy (non-hydrogen) atoms. The Bertz CT molecular complexity index is 1120. The third-order valence-electron chi connectivity index (χ3n) is 5.52. The minimum Gasteiger partial charge on any atom is -0.481 e. The lowest BCUT2D eigenvalue weighted by molar-refractivity contribution is -0.144. The van der Waals surface area contributed by atoms with Gasteiger partial charge in [-0.3, -0.25) is 14.5 Å². The molecule has 2 unspecified atom stereocenters. The van der Waals surface area contributed by atoms with Crippen molar-refractivity contribution < 1.29 is 28.0 Å². The Kier molecular flexibility index (Phi) is 6.27. The number of carbonyl (C=O) groups excluding carboxylic acids is 1. The number of benzene rings is 2. The van der Waals surface area contributed by atoms with Crippen molar-refractivity contribution in [3.63, 3.8) is 0 Å². The number of rotatable bonds is 6. The molecule has 2 N–H and O–H groups in total. The average Bonchev–Trinajstić information content (AvgIpc) is 3.25. The van der Waals surface area contributed by atoms with Gasteiger partial charge in [0.1, 0.15) is 11.6 Å². The van der Waals surface area contributed by atoms with Crippen molar-refractivity contribution in [2.24, 2.45) is 5.92 Å². The molecule has 0 spiro atoms. The summed E-state index contributed by atoms with van der Waals surface area (Å²) < 4.78 is 32.1. The van der Waals surface area contributed by atoms with E-state index in [1.807, 2.05) is 35.2 Å². The van der Waals surface area contributed by atoms with Gasteiger partial charge in [0.15, 0.2) is 11.5 Å². The van der Waals surface area contributed by atoms with E-state index in [2.05, 4.69) is 10.5 Å². The number of nitrogens with one attached hydrogen (secondary N) is 1. The van der Waals surface area contributed by atoms with Gasteiger partial charge in [0, 0.05) is 37.8 Å². The van der Waals surface area contributed by atoms with Crippen LogP contribution in [-0.4, -0.2) is 46.2 Å². The smallest absolute Gasteiger partial charge is 0.309 e. The number of likely N-dealkylation sites (tertiary alicyclic amines) is 1. The van der Waals surface area contributed by atoms with E-state index in [-0.39, 0.29) is 17.0 Å². The summed E-state index contributed by atoms with van der Waals surface area (Å²) in [7, 11) is 0. The molecule has 0 bridgehead atoms. The summed E-state index contributed by atoms with van der Waals surface area (Å²) in [6.45, 7) is 1.54. The summed E-state index contributed by atoms with van der Waals surface area (Å²) in [6.07, 6.45) is 0.451. The lowest BCUT2D eigenvalue weighted by Gasteiger charge is -2.36. The molecule has 1 aliphatic rings. The van der Waals surface area contributed by atoms with Crippen LogP contribution in [0.2, 0.25) is 0 Å². The maximum Gasteiger partial charge on any atom is 0.309 e. The van der Waals surface area contributed by atoms with Crippen LogP contribution >= 0.6 is 0 Å². The summed E-state index contributed by atoms with van der Waals surface area (Å²) >= 11 is 0. The van der Waals surface area contributed by atoms with Crippen molar-refractivity contribution >= 4 is 11.9 Å². The van der Waals surface area contributed by atoms with Gasteiger partial charge in [-0.2, -0.15) is 0 Å². The van der Waals surface area contributed by atoms with E-state index in [1.165, 1.54) is 12.1 Å². The zero-order chi connectivity index (χ0) is 22.7. The quantitative estimate of drug-likeness (QED) is 0.609. The van der Waals surface area contributed by atoms with Crippen LogP contribution in [0.15, 0.2) is 59.1 Å². The van der Waals surface area contributed by atoms with Gasteiger partial charge >= 0.3 is 5.97 Å². The van der Waals surface area contributed by atoms with Crippen LogP contribution < -0.4 is 5.32 Å². The summed E-state index contributed by atoms with van der Waals surface area (Å²) in [5, 5.41) is 16.1. The fourth-order valence-electron chi connectivity index (χ4n) is 3.87. The van der Waals surface area contributed by atoms with Crippen molar-refractivity contribution in [2.45, 2.75) is 19.0 Å². The fourth-order valence-corrected chi connectivity index (χ4v) is 3.87. The number of amides is 1. The molecule has 2 aromatic carbocycles. The molecule has 166 valence electrons. The minimum atomic E-state index is -0.998. The molecule has 9 heteroatoms. The third-order valence-corrected chi connectivity index (χ3v) is 5.52. The molecular formula is C23H21F2N3O4. The van der Waals surface area contributed by atoms with E-state index in [0.29, 0.717) is 32.1 Å². The Morgan fingerprint density at radius 1 is 1.16 bits per heavy atom. The number of nitrogens with zero attached hydrogens (tertiary/aromatic N) is 2. The molecule has 0 saturated carbocycles. The number of aromatic nitrogens is 1. The minimum absolute atomic E-state index is 0.0277. The van der Waals surface area contributed by atoms with E-state index in [4.69, 9.17) is 4.52 Å². The molecule has 4 rings (SSSR count). The lowest BCUT2D eigenvalue weighted by atomic mass is 9.91. The molecule has 0 aliphatic carbocycles. The first-order chi connectivity index (χ1) is 15.4. The van der Waals surface area contributed by atoms with E-state index >= 15 is 0 Å². The van der Waals surface area contributed by atoms with Crippen LogP contribution in [0.3, 0.4) is 0 Å². The molecule has 1 saturated heterocycles. The van der Waals surface area contributed by atoms with Crippen LogP contribution in [0.5, 0.6) is 0 Å². The Hall–Kier alpha value is -3.59. The zero-order valence-electron chi connectivity index (χ0n) is 17.0. The van der Waals surface area contributed by atoms with Crippen molar-refractivity contribution in [1.82, 2.24) is 15.4 Å². The van der Waals surface area contributed by atoms with Gasteiger partial charge in [-0.15, -0.1) is 0 Å². The van der Waals surface area contributed by atoms with Crippen molar-refractivity contribution in [3.05, 3.63) is 77.5 Å². The molecule has 1 amide bonds. The van der Waals surface area contributed by atoms with E-state index in [0.717, 1.165) is 11.6 Å². The van der Waals surface area contributed by atoms with Gasteiger partial charge in [-0.1, -0.05) is 35.5 Å².